The van der Waals surface area contributed by atoms with E-state index in [1.54, 1.807) is 13.2 Å². The van der Waals surface area contributed by atoms with Crippen LogP contribution in [-0.4, -0.2) is 18.8 Å². The number of phenolic OH excluding ortho intramolecular Hbond substituents is 1. The summed E-state index contributed by atoms with van der Waals surface area (Å²) in [6, 6.07) is 3.81. The molecule has 3 nitrogen and oxygen atoms in total. The van der Waals surface area contributed by atoms with Crippen molar-refractivity contribution < 1.29 is 9.84 Å². The smallest absolute Gasteiger partial charge is 0.122 e. The average Bonchev–Trinajstić information content (AvgIpc) is 2.29. The van der Waals surface area contributed by atoms with E-state index >= 15 is 0 Å². The standard InChI is InChI=1S/C12H17NO2/c1-3-9-12-8(6-7-13-9)11(15-2)5-4-10(12)14/h4-5,9,13-14H,3,6-7H2,1-2H3. The second-order valence-electron chi connectivity index (χ2n) is 3.84. The number of rotatable bonds is 2. The summed E-state index contributed by atoms with van der Waals surface area (Å²) in [5, 5.41) is 13.3. The highest BCUT2D eigenvalue weighted by atomic mass is 16.5. The van der Waals surface area contributed by atoms with Crippen molar-refractivity contribution in [1.29, 1.82) is 0 Å². The van der Waals surface area contributed by atoms with Gasteiger partial charge in [0.05, 0.1) is 7.11 Å². The second-order valence-corrected chi connectivity index (χ2v) is 3.84. The van der Waals surface area contributed by atoms with Gasteiger partial charge in [0.1, 0.15) is 11.5 Å². The van der Waals surface area contributed by atoms with Crippen LogP contribution in [0.25, 0.3) is 0 Å². The molecule has 1 unspecified atom stereocenters. The lowest BCUT2D eigenvalue weighted by Gasteiger charge is -2.28. The van der Waals surface area contributed by atoms with E-state index in [1.807, 2.05) is 6.07 Å². The van der Waals surface area contributed by atoms with Gasteiger partial charge in [-0.3, -0.25) is 0 Å². The summed E-state index contributed by atoms with van der Waals surface area (Å²) in [4.78, 5) is 0. The highest BCUT2D eigenvalue weighted by molar-refractivity contribution is 5.51. The minimum Gasteiger partial charge on any atom is -0.508 e. The predicted octanol–water partition coefficient (Wildman–Crippen LogP) is 2.00. The normalized spacial score (nSPS) is 19.7. The molecule has 1 aliphatic heterocycles. The van der Waals surface area contributed by atoms with Crippen LogP contribution in [0, 0.1) is 0 Å². The van der Waals surface area contributed by atoms with Crippen LogP contribution in [0.3, 0.4) is 0 Å². The molecule has 0 bridgehead atoms. The molecule has 0 saturated carbocycles. The number of nitrogens with one attached hydrogen (secondary N) is 1. The molecule has 2 N–H and O–H groups in total. The number of hydrogen-bond donors (Lipinski definition) is 2. The van der Waals surface area contributed by atoms with Crippen molar-refractivity contribution in [2.75, 3.05) is 13.7 Å². The fraction of sp³-hybridized carbons (Fsp3) is 0.500. The number of hydrogen-bond acceptors (Lipinski definition) is 3. The Hall–Kier alpha value is -1.22. The number of benzene rings is 1. The van der Waals surface area contributed by atoms with Gasteiger partial charge >= 0.3 is 0 Å². The zero-order valence-electron chi connectivity index (χ0n) is 9.21. The fourth-order valence-electron chi connectivity index (χ4n) is 2.29. The Morgan fingerprint density at radius 2 is 2.33 bits per heavy atom. The van der Waals surface area contributed by atoms with E-state index in [9.17, 15) is 5.11 Å². The van der Waals surface area contributed by atoms with Crippen LogP contribution in [0.2, 0.25) is 0 Å². The first-order chi connectivity index (χ1) is 7.27. The molecule has 0 aliphatic carbocycles. The average molecular weight is 207 g/mol. The molecule has 15 heavy (non-hydrogen) atoms. The van der Waals surface area contributed by atoms with Gasteiger partial charge in [0, 0.05) is 17.2 Å². The molecule has 82 valence electrons. The molecule has 3 heteroatoms. The monoisotopic (exact) mass is 207 g/mol. The molecular formula is C12H17NO2. The fourth-order valence-corrected chi connectivity index (χ4v) is 2.29. The topological polar surface area (TPSA) is 41.5 Å². The van der Waals surface area contributed by atoms with E-state index in [0.29, 0.717) is 5.75 Å². The highest BCUT2D eigenvalue weighted by Gasteiger charge is 2.24. The molecular weight excluding hydrogens is 190 g/mol. The lowest BCUT2D eigenvalue weighted by molar-refractivity contribution is 0.387. The van der Waals surface area contributed by atoms with Gasteiger partial charge in [-0.05, 0) is 31.5 Å². The van der Waals surface area contributed by atoms with E-state index in [2.05, 4.69) is 12.2 Å². The zero-order valence-corrected chi connectivity index (χ0v) is 9.21. The molecule has 1 aliphatic rings. The van der Waals surface area contributed by atoms with Crippen LogP contribution < -0.4 is 10.1 Å². The van der Waals surface area contributed by atoms with E-state index < -0.39 is 0 Å². The Labute approximate surface area is 90.1 Å². The summed E-state index contributed by atoms with van der Waals surface area (Å²) in [6.45, 7) is 3.07. The molecule has 2 rings (SSSR count). The van der Waals surface area contributed by atoms with E-state index in [4.69, 9.17) is 4.74 Å². The molecule has 1 atom stereocenters. The number of ether oxygens (including phenoxy) is 1. The van der Waals surface area contributed by atoms with Crippen molar-refractivity contribution in [3.8, 4) is 11.5 Å². The molecule has 0 aromatic heterocycles. The molecule has 0 saturated heterocycles. The molecule has 1 aromatic carbocycles. The SMILES string of the molecule is CCC1NCCc2c(OC)ccc(O)c21. The van der Waals surface area contributed by atoms with E-state index in [1.165, 1.54) is 0 Å². The first-order valence-corrected chi connectivity index (χ1v) is 5.40. The van der Waals surface area contributed by atoms with Gasteiger partial charge in [-0.15, -0.1) is 0 Å². The van der Waals surface area contributed by atoms with Gasteiger partial charge in [0.2, 0.25) is 0 Å². The quantitative estimate of drug-likeness (QED) is 0.779. The predicted molar refractivity (Wildman–Crippen MR) is 59.4 cm³/mol. The minimum absolute atomic E-state index is 0.254. The van der Waals surface area contributed by atoms with Crippen LogP contribution in [0.15, 0.2) is 12.1 Å². The number of methoxy groups -OCH3 is 1. The maximum Gasteiger partial charge on any atom is 0.122 e. The van der Waals surface area contributed by atoms with Crippen molar-refractivity contribution >= 4 is 0 Å². The summed E-state index contributed by atoms with van der Waals surface area (Å²) in [7, 11) is 1.68. The summed E-state index contributed by atoms with van der Waals surface area (Å²) in [5.74, 6) is 1.27. The Balaban J connectivity index is 2.53. The summed E-state index contributed by atoms with van der Waals surface area (Å²) in [6.07, 6.45) is 1.90. The third-order valence-electron chi connectivity index (χ3n) is 3.03. The summed E-state index contributed by atoms with van der Waals surface area (Å²) >= 11 is 0. The lowest BCUT2D eigenvalue weighted by Crippen LogP contribution is -2.29. The van der Waals surface area contributed by atoms with Crippen molar-refractivity contribution in [2.45, 2.75) is 25.8 Å². The Bertz CT molecular complexity index is 363. The van der Waals surface area contributed by atoms with Crippen molar-refractivity contribution in [2.24, 2.45) is 0 Å². The Morgan fingerprint density at radius 1 is 1.53 bits per heavy atom. The van der Waals surface area contributed by atoms with Crippen molar-refractivity contribution in [3.63, 3.8) is 0 Å². The zero-order chi connectivity index (χ0) is 10.8. The molecule has 1 aromatic rings. The number of aromatic hydroxyl groups is 1. The summed E-state index contributed by atoms with van der Waals surface area (Å²) < 4.78 is 5.32. The first kappa shape index (κ1) is 10.3. The minimum atomic E-state index is 0.254. The van der Waals surface area contributed by atoms with Crippen molar-refractivity contribution in [1.82, 2.24) is 5.32 Å². The lowest BCUT2D eigenvalue weighted by atomic mass is 9.91. The maximum atomic E-state index is 9.88. The molecule has 1 heterocycles. The Kier molecular flexibility index (Phi) is 2.82. The van der Waals surface area contributed by atoms with Gasteiger partial charge in [-0.2, -0.15) is 0 Å². The first-order valence-electron chi connectivity index (χ1n) is 5.40. The summed E-state index contributed by atoms with van der Waals surface area (Å²) in [5.41, 5.74) is 2.17. The van der Waals surface area contributed by atoms with E-state index in [-0.39, 0.29) is 6.04 Å². The van der Waals surface area contributed by atoms with Gasteiger partial charge in [0.15, 0.2) is 0 Å². The highest BCUT2D eigenvalue weighted by Crippen LogP contribution is 2.37. The number of fused-ring (bicyclic) bond motifs is 1. The third kappa shape index (κ3) is 1.67. The molecule has 0 radical (unpaired) electrons. The van der Waals surface area contributed by atoms with Crippen LogP contribution in [0.4, 0.5) is 0 Å². The van der Waals surface area contributed by atoms with Crippen LogP contribution >= 0.6 is 0 Å². The maximum absolute atomic E-state index is 9.88. The molecule has 0 spiro atoms. The van der Waals surface area contributed by atoms with Gasteiger partial charge in [-0.25, -0.2) is 0 Å². The third-order valence-corrected chi connectivity index (χ3v) is 3.03. The van der Waals surface area contributed by atoms with E-state index in [0.717, 1.165) is 36.3 Å². The van der Waals surface area contributed by atoms with Gasteiger partial charge in [-0.1, -0.05) is 6.92 Å². The van der Waals surface area contributed by atoms with Crippen LogP contribution in [-0.2, 0) is 6.42 Å². The van der Waals surface area contributed by atoms with Crippen LogP contribution in [0.1, 0.15) is 30.5 Å². The molecule has 0 fully saturated rings. The Morgan fingerprint density at radius 3 is 3.00 bits per heavy atom. The van der Waals surface area contributed by atoms with Gasteiger partial charge < -0.3 is 15.2 Å². The van der Waals surface area contributed by atoms with Crippen molar-refractivity contribution in [3.05, 3.63) is 23.3 Å². The van der Waals surface area contributed by atoms with Crippen LogP contribution in [0.5, 0.6) is 11.5 Å². The second kappa shape index (κ2) is 4.11. The largest absolute Gasteiger partial charge is 0.508 e. The molecule has 0 amide bonds. The van der Waals surface area contributed by atoms with Gasteiger partial charge in [0.25, 0.3) is 0 Å². The number of phenols is 1.